The highest BCUT2D eigenvalue weighted by molar-refractivity contribution is 6.30. The van der Waals surface area contributed by atoms with Gasteiger partial charge in [0.15, 0.2) is 6.73 Å². The molecular weight excluding hydrogens is 325 g/mol. The lowest BCUT2D eigenvalue weighted by molar-refractivity contribution is 0.0331. The summed E-state index contributed by atoms with van der Waals surface area (Å²) in [5.41, 5.74) is -0.306. The van der Waals surface area contributed by atoms with Gasteiger partial charge in [0.1, 0.15) is 11.3 Å². The minimum atomic E-state index is -0.930. The zero-order valence-electron chi connectivity index (χ0n) is 11.6. The number of fused-ring (bicyclic) bond motifs is 1. The van der Waals surface area contributed by atoms with Crippen LogP contribution >= 0.6 is 11.6 Å². The van der Waals surface area contributed by atoms with Crippen molar-refractivity contribution >= 4 is 28.5 Å². The Bertz CT molecular complexity index is 958. The van der Waals surface area contributed by atoms with Gasteiger partial charge in [0.2, 0.25) is 0 Å². The van der Waals surface area contributed by atoms with Gasteiger partial charge in [-0.15, -0.1) is 5.10 Å². The fourth-order valence-corrected chi connectivity index (χ4v) is 2.12. The van der Waals surface area contributed by atoms with Crippen molar-refractivity contribution in [2.24, 2.45) is 0 Å². The number of halogens is 2. The van der Waals surface area contributed by atoms with Gasteiger partial charge in [-0.05, 0) is 30.3 Å². The maximum absolute atomic E-state index is 13.6. The van der Waals surface area contributed by atoms with Crippen LogP contribution in [-0.2, 0) is 11.5 Å². The highest BCUT2D eigenvalue weighted by Gasteiger charge is 2.14. The van der Waals surface area contributed by atoms with Crippen molar-refractivity contribution < 1.29 is 13.9 Å². The number of aromatic nitrogens is 3. The van der Waals surface area contributed by atoms with Gasteiger partial charge < -0.3 is 4.74 Å². The van der Waals surface area contributed by atoms with E-state index in [0.29, 0.717) is 10.9 Å². The van der Waals surface area contributed by atoms with Crippen LogP contribution in [0.15, 0.2) is 47.3 Å². The van der Waals surface area contributed by atoms with Gasteiger partial charge in [-0.1, -0.05) is 28.9 Å². The molecule has 2 aromatic carbocycles. The molecule has 0 radical (unpaired) electrons. The van der Waals surface area contributed by atoms with Crippen molar-refractivity contribution in [2.45, 2.75) is 6.73 Å². The predicted octanol–water partition coefficient (Wildman–Crippen LogP) is 2.40. The quantitative estimate of drug-likeness (QED) is 0.688. The van der Waals surface area contributed by atoms with Gasteiger partial charge in [0.25, 0.3) is 5.56 Å². The summed E-state index contributed by atoms with van der Waals surface area (Å²) in [5.74, 6) is -1.74. The van der Waals surface area contributed by atoms with E-state index in [1.807, 2.05) is 0 Å². The van der Waals surface area contributed by atoms with Gasteiger partial charge in [0, 0.05) is 5.02 Å². The molecule has 0 fully saturated rings. The number of hydrogen-bond donors (Lipinski definition) is 0. The standard InChI is InChI=1S/C15H9ClFN3O3/c16-9-5-6-10(12(17)7-9)15(22)23-8-20-14(21)11-3-1-2-4-13(11)18-19-20/h1-7H,8H2. The number of rotatable bonds is 3. The SMILES string of the molecule is O=C(OCn1nnc2ccccc2c1=O)c1ccc(Cl)cc1F. The van der Waals surface area contributed by atoms with Crippen LogP contribution in [0.4, 0.5) is 4.39 Å². The van der Waals surface area contributed by atoms with E-state index in [-0.39, 0.29) is 10.6 Å². The molecule has 1 heterocycles. The van der Waals surface area contributed by atoms with Gasteiger partial charge in [-0.3, -0.25) is 4.79 Å². The van der Waals surface area contributed by atoms with Crippen molar-refractivity contribution in [3.05, 3.63) is 69.2 Å². The molecule has 0 unspecified atom stereocenters. The van der Waals surface area contributed by atoms with Crippen LogP contribution in [0.3, 0.4) is 0 Å². The maximum atomic E-state index is 13.6. The van der Waals surface area contributed by atoms with Crippen molar-refractivity contribution in [3.63, 3.8) is 0 Å². The molecule has 0 bridgehead atoms. The number of nitrogens with zero attached hydrogens (tertiary/aromatic N) is 3. The summed E-state index contributed by atoms with van der Waals surface area (Å²) in [7, 11) is 0. The summed E-state index contributed by atoms with van der Waals surface area (Å²) in [6.07, 6.45) is 0. The third-order valence-electron chi connectivity index (χ3n) is 3.10. The van der Waals surface area contributed by atoms with E-state index in [2.05, 4.69) is 10.3 Å². The lowest BCUT2D eigenvalue weighted by Gasteiger charge is -2.07. The molecule has 0 spiro atoms. The molecule has 0 saturated carbocycles. The Labute approximate surface area is 134 Å². The average Bonchev–Trinajstić information content (AvgIpc) is 2.54. The van der Waals surface area contributed by atoms with Crippen LogP contribution in [0.2, 0.25) is 5.02 Å². The molecule has 3 rings (SSSR count). The van der Waals surface area contributed by atoms with Gasteiger partial charge in [0.05, 0.1) is 10.9 Å². The molecule has 0 aliphatic carbocycles. The summed E-state index contributed by atoms with van der Waals surface area (Å²) in [4.78, 5) is 24.0. The Morgan fingerprint density at radius 1 is 1.26 bits per heavy atom. The molecule has 3 aromatic rings. The van der Waals surface area contributed by atoms with Crippen molar-refractivity contribution in [3.8, 4) is 0 Å². The molecule has 6 nitrogen and oxygen atoms in total. The number of hydrogen-bond acceptors (Lipinski definition) is 5. The topological polar surface area (TPSA) is 74.1 Å². The first-order valence-corrected chi connectivity index (χ1v) is 6.89. The molecule has 0 aliphatic rings. The number of carbonyl (C=O) groups excluding carboxylic acids is 1. The fourth-order valence-electron chi connectivity index (χ4n) is 1.96. The van der Waals surface area contributed by atoms with Crippen molar-refractivity contribution in [1.82, 2.24) is 15.0 Å². The summed E-state index contributed by atoms with van der Waals surface area (Å²) >= 11 is 5.62. The Kier molecular flexibility index (Phi) is 4.03. The third kappa shape index (κ3) is 3.04. The van der Waals surface area contributed by atoms with E-state index < -0.39 is 24.1 Å². The van der Waals surface area contributed by atoms with Crippen LogP contribution in [-0.4, -0.2) is 21.0 Å². The highest BCUT2D eigenvalue weighted by atomic mass is 35.5. The second-order valence-electron chi connectivity index (χ2n) is 4.60. The first kappa shape index (κ1) is 15.1. The van der Waals surface area contributed by atoms with Crippen LogP contribution in [0.5, 0.6) is 0 Å². The number of carbonyl (C=O) groups is 1. The summed E-state index contributed by atoms with van der Waals surface area (Å²) in [6, 6.07) is 10.2. The highest BCUT2D eigenvalue weighted by Crippen LogP contribution is 2.15. The molecular formula is C15H9ClFN3O3. The first-order valence-electron chi connectivity index (χ1n) is 6.51. The molecule has 1 aromatic heterocycles. The first-order chi connectivity index (χ1) is 11.1. The van der Waals surface area contributed by atoms with Crippen molar-refractivity contribution in [2.75, 3.05) is 0 Å². The molecule has 0 atom stereocenters. The molecule has 23 heavy (non-hydrogen) atoms. The molecule has 116 valence electrons. The minimum Gasteiger partial charge on any atom is -0.438 e. The van der Waals surface area contributed by atoms with E-state index in [0.717, 1.165) is 10.7 Å². The van der Waals surface area contributed by atoms with E-state index in [1.54, 1.807) is 24.3 Å². The van der Waals surface area contributed by atoms with Gasteiger partial charge in [-0.2, -0.15) is 4.68 Å². The number of esters is 1. The van der Waals surface area contributed by atoms with Gasteiger partial charge in [-0.25, -0.2) is 9.18 Å². The minimum absolute atomic E-state index is 0.163. The monoisotopic (exact) mass is 333 g/mol. The smallest absolute Gasteiger partial charge is 0.342 e. The Morgan fingerprint density at radius 3 is 2.83 bits per heavy atom. The second kappa shape index (κ2) is 6.13. The van der Waals surface area contributed by atoms with Crippen LogP contribution in [0, 0.1) is 5.82 Å². The zero-order chi connectivity index (χ0) is 16.4. The normalized spacial score (nSPS) is 10.7. The third-order valence-corrected chi connectivity index (χ3v) is 3.33. The molecule has 0 aliphatic heterocycles. The van der Waals surface area contributed by atoms with E-state index in [1.165, 1.54) is 12.1 Å². The summed E-state index contributed by atoms with van der Waals surface area (Å²) < 4.78 is 19.4. The lowest BCUT2D eigenvalue weighted by Crippen LogP contribution is -2.26. The summed E-state index contributed by atoms with van der Waals surface area (Å²) in [5, 5.41) is 8.03. The Hall–Kier alpha value is -2.80. The average molecular weight is 334 g/mol. The largest absolute Gasteiger partial charge is 0.438 e. The predicted molar refractivity (Wildman–Crippen MR) is 80.6 cm³/mol. The molecule has 8 heteroatoms. The van der Waals surface area contributed by atoms with Gasteiger partial charge >= 0.3 is 5.97 Å². The van der Waals surface area contributed by atoms with Crippen LogP contribution in [0.25, 0.3) is 10.9 Å². The molecule has 0 N–H and O–H groups in total. The van der Waals surface area contributed by atoms with Crippen molar-refractivity contribution in [1.29, 1.82) is 0 Å². The number of ether oxygens (including phenoxy) is 1. The second-order valence-corrected chi connectivity index (χ2v) is 5.03. The van der Waals surface area contributed by atoms with Crippen LogP contribution < -0.4 is 5.56 Å². The fraction of sp³-hybridized carbons (Fsp3) is 0.0667. The maximum Gasteiger partial charge on any atom is 0.342 e. The van der Waals surface area contributed by atoms with E-state index >= 15 is 0 Å². The van der Waals surface area contributed by atoms with E-state index in [4.69, 9.17) is 16.3 Å². The zero-order valence-corrected chi connectivity index (χ0v) is 12.3. The molecule has 0 amide bonds. The Morgan fingerprint density at radius 2 is 2.04 bits per heavy atom. The molecule has 0 saturated heterocycles. The summed E-state index contributed by atoms with van der Waals surface area (Å²) in [6.45, 7) is -0.475. The van der Waals surface area contributed by atoms with E-state index in [9.17, 15) is 14.0 Å². The number of benzene rings is 2. The lowest BCUT2D eigenvalue weighted by atomic mass is 10.2. The Balaban J connectivity index is 1.82. The van der Waals surface area contributed by atoms with Crippen LogP contribution in [0.1, 0.15) is 10.4 Å².